The number of morpholine rings is 1. The molecular weight excluding hydrogens is 383 g/mol. The molecule has 0 bridgehead atoms. The Labute approximate surface area is 178 Å². The van der Waals surface area contributed by atoms with Crippen molar-refractivity contribution in [3.8, 4) is 5.75 Å². The third kappa shape index (κ3) is 7.00. The summed E-state index contributed by atoms with van der Waals surface area (Å²) in [4.78, 5) is 7.00. The highest BCUT2D eigenvalue weighted by Crippen LogP contribution is 2.19. The van der Waals surface area contributed by atoms with Gasteiger partial charge in [0.2, 0.25) is 0 Å². The lowest BCUT2D eigenvalue weighted by Crippen LogP contribution is -2.38. The van der Waals surface area contributed by atoms with Crippen molar-refractivity contribution in [3.63, 3.8) is 0 Å². The van der Waals surface area contributed by atoms with Crippen LogP contribution in [0.25, 0.3) is 0 Å². The zero-order valence-electron chi connectivity index (χ0n) is 17.6. The minimum absolute atomic E-state index is 0.222. The van der Waals surface area contributed by atoms with Crippen LogP contribution in [0, 0.1) is 5.82 Å². The van der Waals surface area contributed by atoms with E-state index in [1.165, 1.54) is 6.07 Å². The molecule has 1 heterocycles. The van der Waals surface area contributed by atoms with Crippen molar-refractivity contribution in [3.05, 3.63) is 65.5 Å². The summed E-state index contributed by atoms with van der Waals surface area (Å²) < 4.78 is 25.3. The standard InChI is InChI=1S/C23H31FN4O2/c1-2-25-23(26-17-19-7-3-5-9-21(19)24)27-18-20-8-4-6-10-22(20)30-16-13-28-11-14-29-15-12-28/h3-10H,2,11-18H2,1H3,(H2,25,26,27). The molecule has 7 heteroatoms. The number of guanidine groups is 1. The monoisotopic (exact) mass is 414 g/mol. The predicted molar refractivity (Wildman–Crippen MR) is 117 cm³/mol. The zero-order valence-corrected chi connectivity index (χ0v) is 17.6. The maximum absolute atomic E-state index is 13.9. The van der Waals surface area contributed by atoms with Crippen LogP contribution in [0.5, 0.6) is 5.75 Å². The molecule has 2 aromatic rings. The molecule has 2 N–H and O–H groups in total. The third-order valence-electron chi connectivity index (χ3n) is 4.90. The number of nitrogens with one attached hydrogen (secondary N) is 2. The highest BCUT2D eigenvalue weighted by atomic mass is 19.1. The summed E-state index contributed by atoms with van der Waals surface area (Å²) in [6.07, 6.45) is 0. The normalized spacial score (nSPS) is 15.1. The minimum atomic E-state index is -0.222. The Balaban J connectivity index is 1.56. The maximum atomic E-state index is 13.9. The molecule has 3 rings (SSSR count). The quantitative estimate of drug-likeness (QED) is 0.488. The molecule has 162 valence electrons. The summed E-state index contributed by atoms with van der Waals surface area (Å²) in [6, 6.07) is 14.7. The smallest absolute Gasteiger partial charge is 0.191 e. The van der Waals surface area contributed by atoms with Gasteiger partial charge in [0.1, 0.15) is 18.2 Å². The first-order valence-electron chi connectivity index (χ1n) is 10.5. The Bertz CT molecular complexity index is 809. The van der Waals surface area contributed by atoms with Crippen LogP contribution in [-0.4, -0.2) is 56.9 Å². The largest absolute Gasteiger partial charge is 0.492 e. The van der Waals surface area contributed by atoms with Gasteiger partial charge >= 0.3 is 0 Å². The first-order valence-corrected chi connectivity index (χ1v) is 10.5. The van der Waals surface area contributed by atoms with Crippen molar-refractivity contribution in [2.45, 2.75) is 20.0 Å². The second kappa shape index (κ2) is 12.1. The van der Waals surface area contributed by atoms with Crippen LogP contribution in [0.1, 0.15) is 18.1 Å². The molecule has 0 radical (unpaired) electrons. The summed E-state index contributed by atoms with van der Waals surface area (Å²) >= 11 is 0. The molecule has 0 amide bonds. The van der Waals surface area contributed by atoms with Gasteiger partial charge in [-0.05, 0) is 19.1 Å². The fourth-order valence-corrected chi connectivity index (χ4v) is 3.21. The van der Waals surface area contributed by atoms with E-state index in [2.05, 4.69) is 20.5 Å². The van der Waals surface area contributed by atoms with Gasteiger partial charge in [-0.15, -0.1) is 0 Å². The van der Waals surface area contributed by atoms with Crippen molar-refractivity contribution in [1.82, 2.24) is 15.5 Å². The summed E-state index contributed by atoms with van der Waals surface area (Å²) in [5.41, 5.74) is 1.62. The summed E-state index contributed by atoms with van der Waals surface area (Å²) in [5, 5.41) is 6.40. The van der Waals surface area contributed by atoms with Crippen LogP contribution in [0.4, 0.5) is 4.39 Å². The van der Waals surface area contributed by atoms with E-state index in [0.717, 1.165) is 50.7 Å². The molecule has 0 spiro atoms. The van der Waals surface area contributed by atoms with Crippen LogP contribution in [0.2, 0.25) is 0 Å². The first-order chi connectivity index (χ1) is 14.8. The van der Waals surface area contributed by atoms with E-state index in [-0.39, 0.29) is 5.82 Å². The average molecular weight is 415 g/mol. The van der Waals surface area contributed by atoms with Gasteiger partial charge in [0.15, 0.2) is 5.96 Å². The van der Waals surface area contributed by atoms with Gasteiger partial charge in [0, 0.05) is 43.9 Å². The molecule has 30 heavy (non-hydrogen) atoms. The summed E-state index contributed by atoms with van der Waals surface area (Å²) in [5.74, 6) is 1.27. The number of hydrogen-bond donors (Lipinski definition) is 2. The zero-order chi connectivity index (χ0) is 21.0. The van der Waals surface area contributed by atoms with Gasteiger partial charge in [0.05, 0.1) is 19.8 Å². The lowest BCUT2D eigenvalue weighted by molar-refractivity contribution is 0.0322. The van der Waals surface area contributed by atoms with Gasteiger partial charge in [0.25, 0.3) is 0 Å². The molecule has 0 atom stereocenters. The predicted octanol–water partition coefficient (Wildman–Crippen LogP) is 2.79. The number of ether oxygens (including phenoxy) is 2. The van der Waals surface area contributed by atoms with E-state index in [1.54, 1.807) is 12.1 Å². The lowest BCUT2D eigenvalue weighted by atomic mass is 10.2. The van der Waals surface area contributed by atoms with E-state index in [1.807, 2.05) is 37.3 Å². The van der Waals surface area contributed by atoms with Crippen LogP contribution < -0.4 is 15.4 Å². The Morgan fingerprint density at radius 2 is 1.80 bits per heavy atom. The molecule has 1 aliphatic heterocycles. The fourth-order valence-electron chi connectivity index (χ4n) is 3.21. The Hall–Kier alpha value is -2.64. The maximum Gasteiger partial charge on any atom is 0.191 e. The number of rotatable bonds is 9. The third-order valence-corrected chi connectivity index (χ3v) is 4.90. The molecule has 1 fully saturated rings. The molecule has 0 aliphatic carbocycles. The van der Waals surface area contributed by atoms with E-state index < -0.39 is 0 Å². The van der Waals surface area contributed by atoms with E-state index in [4.69, 9.17) is 9.47 Å². The number of hydrogen-bond acceptors (Lipinski definition) is 4. The second-order valence-corrected chi connectivity index (χ2v) is 7.05. The Morgan fingerprint density at radius 1 is 1.07 bits per heavy atom. The van der Waals surface area contributed by atoms with Crippen molar-refractivity contribution in [1.29, 1.82) is 0 Å². The summed E-state index contributed by atoms with van der Waals surface area (Å²) in [7, 11) is 0. The van der Waals surface area contributed by atoms with E-state index in [0.29, 0.717) is 31.2 Å². The van der Waals surface area contributed by atoms with Crippen molar-refractivity contribution in [2.75, 3.05) is 46.0 Å². The van der Waals surface area contributed by atoms with E-state index >= 15 is 0 Å². The number of nitrogens with zero attached hydrogens (tertiary/aromatic N) is 2. The molecule has 0 unspecified atom stereocenters. The molecule has 1 aliphatic rings. The van der Waals surface area contributed by atoms with Gasteiger partial charge < -0.3 is 20.1 Å². The SMILES string of the molecule is CCNC(=NCc1ccccc1OCCN1CCOCC1)NCc1ccccc1F. The first kappa shape index (κ1) is 22.1. The minimum Gasteiger partial charge on any atom is -0.492 e. The molecular formula is C23H31FN4O2. The number of benzene rings is 2. The number of halogens is 1. The molecule has 0 saturated carbocycles. The van der Waals surface area contributed by atoms with Crippen LogP contribution in [0.15, 0.2) is 53.5 Å². The van der Waals surface area contributed by atoms with Crippen LogP contribution in [-0.2, 0) is 17.8 Å². The molecule has 1 saturated heterocycles. The number of para-hydroxylation sites is 1. The van der Waals surface area contributed by atoms with Gasteiger partial charge in [-0.2, -0.15) is 0 Å². The highest BCUT2D eigenvalue weighted by Gasteiger charge is 2.11. The topological polar surface area (TPSA) is 58.1 Å². The highest BCUT2D eigenvalue weighted by molar-refractivity contribution is 5.79. The molecule has 2 aromatic carbocycles. The van der Waals surface area contributed by atoms with Crippen molar-refractivity contribution in [2.24, 2.45) is 4.99 Å². The molecule has 0 aromatic heterocycles. The Kier molecular flexibility index (Phi) is 8.93. The summed E-state index contributed by atoms with van der Waals surface area (Å²) in [6.45, 7) is 8.57. The van der Waals surface area contributed by atoms with E-state index in [9.17, 15) is 4.39 Å². The number of aliphatic imine (C=N–C) groups is 1. The molecule has 6 nitrogen and oxygen atoms in total. The van der Waals surface area contributed by atoms with Crippen LogP contribution >= 0.6 is 0 Å². The Morgan fingerprint density at radius 3 is 2.57 bits per heavy atom. The van der Waals surface area contributed by atoms with Crippen molar-refractivity contribution < 1.29 is 13.9 Å². The fraction of sp³-hybridized carbons (Fsp3) is 0.435. The van der Waals surface area contributed by atoms with Gasteiger partial charge in [-0.3, -0.25) is 4.90 Å². The lowest BCUT2D eigenvalue weighted by Gasteiger charge is -2.26. The second-order valence-electron chi connectivity index (χ2n) is 7.05. The van der Waals surface area contributed by atoms with Gasteiger partial charge in [-0.25, -0.2) is 9.38 Å². The van der Waals surface area contributed by atoms with Gasteiger partial charge in [-0.1, -0.05) is 36.4 Å². The average Bonchev–Trinajstić information content (AvgIpc) is 2.78. The van der Waals surface area contributed by atoms with Crippen LogP contribution in [0.3, 0.4) is 0 Å². The van der Waals surface area contributed by atoms with Crippen molar-refractivity contribution >= 4 is 5.96 Å².